The van der Waals surface area contributed by atoms with Crippen LogP contribution in [0.1, 0.15) is 43.4 Å². The number of carbonyl (C=O) groups is 2. The van der Waals surface area contributed by atoms with Crippen molar-refractivity contribution in [2.75, 3.05) is 26.2 Å². The predicted octanol–water partition coefficient (Wildman–Crippen LogP) is 3.38. The Morgan fingerprint density at radius 1 is 1.11 bits per heavy atom. The molecule has 0 saturated carbocycles. The Kier molecular flexibility index (Phi) is 5.33. The third-order valence-electron chi connectivity index (χ3n) is 4.39. The Labute approximate surface area is 163 Å². The number of rotatable bonds is 1. The van der Waals surface area contributed by atoms with Crippen LogP contribution in [0, 0.1) is 6.92 Å². The van der Waals surface area contributed by atoms with Crippen molar-refractivity contribution in [1.29, 1.82) is 0 Å². The molecule has 0 unspecified atom stereocenters. The van der Waals surface area contributed by atoms with E-state index < -0.39 is 5.60 Å². The van der Waals surface area contributed by atoms with Gasteiger partial charge in [-0.25, -0.2) is 9.78 Å². The van der Waals surface area contributed by atoms with E-state index in [1.54, 1.807) is 32.5 Å². The number of amides is 2. The third kappa shape index (κ3) is 4.35. The number of halogens is 1. The number of fused-ring (bicyclic) bond motifs is 1. The number of aryl methyl sites for hydroxylation is 1. The minimum Gasteiger partial charge on any atom is -0.444 e. The van der Waals surface area contributed by atoms with Gasteiger partial charge in [0.15, 0.2) is 0 Å². The second-order valence-electron chi connectivity index (χ2n) is 7.73. The van der Waals surface area contributed by atoms with E-state index >= 15 is 0 Å². The number of ether oxygens (including phenoxy) is 1. The van der Waals surface area contributed by atoms with Crippen LogP contribution in [-0.2, 0) is 4.74 Å². The summed E-state index contributed by atoms with van der Waals surface area (Å²) >= 11 is 6.09. The van der Waals surface area contributed by atoms with Crippen molar-refractivity contribution in [2.45, 2.75) is 39.7 Å². The number of aromatic nitrogens is 2. The molecule has 146 valence electrons. The fraction of sp³-hybridized carbons (Fsp3) is 0.526. The van der Waals surface area contributed by atoms with Crippen LogP contribution < -0.4 is 0 Å². The number of hydrogen-bond acceptors (Lipinski definition) is 4. The molecule has 1 saturated heterocycles. The van der Waals surface area contributed by atoms with Crippen LogP contribution in [0.15, 0.2) is 18.3 Å². The standard InChI is InChI=1S/C19H25ClN4O3/c1-13-16(24-12-14(20)6-7-15(24)21-13)17(25)22-8-5-9-23(11-10-22)18(26)27-19(2,3)4/h6-7,12H,5,8-11H2,1-4H3. The maximum Gasteiger partial charge on any atom is 0.410 e. The Morgan fingerprint density at radius 2 is 1.78 bits per heavy atom. The lowest BCUT2D eigenvalue weighted by atomic mass is 10.2. The molecule has 0 atom stereocenters. The van der Waals surface area contributed by atoms with E-state index in [-0.39, 0.29) is 12.0 Å². The van der Waals surface area contributed by atoms with E-state index in [9.17, 15) is 9.59 Å². The molecule has 1 aliphatic rings. The largest absolute Gasteiger partial charge is 0.444 e. The van der Waals surface area contributed by atoms with Gasteiger partial charge in [0.25, 0.3) is 5.91 Å². The molecule has 0 aromatic carbocycles. The van der Waals surface area contributed by atoms with Gasteiger partial charge in [-0.05, 0) is 46.2 Å². The van der Waals surface area contributed by atoms with Crippen molar-refractivity contribution in [3.8, 4) is 0 Å². The van der Waals surface area contributed by atoms with Crippen LogP contribution >= 0.6 is 11.6 Å². The summed E-state index contributed by atoms with van der Waals surface area (Å²) in [6.07, 6.45) is 2.06. The summed E-state index contributed by atoms with van der Waals surface area (Å²) in [5.41, 5.74) is 1.32. The molecule has 7 nitrogen and oxygen atoms in total. The fourth-order valence-electron chi connectivity index (χ4n) is 3.17. The zero-order chi connectivity index (χ0) is 19.8. The first-order valence-electron chi connectivity index (χ1n) is 9.07. The van der Waals surface area contributed by atoms with E-state index in [4.69, 9.17) is 16.3 Å². The van der Waals surface area contributed by atoms with Gasteiger partial charge in [-0.1, -0.05) is 11.6 Å². The van der Waals surface area contributed by atoms with Crippen molar-refractivity contribution in [1.82, 2.24) is 19.2 Å². The summed E-state index contributed by atoms with van der Waals surface area (Å²) < 4.78 is 7.18. The van der Waals surface area contributed by atoms with Gasteiger partial charge in [-0.15, -0.1) is 0 Å². The Morgan fingerprint density at radius 3 is 2.48 bits per heavy atom. The van der Waals surface area contributed by atoms with Gasteiger partial charge in [-0.3, -0.25) is 9.20 Å². The summed E-state index contributed by atoms with van der Waals surface area (Å²) in [7, 11) is 0. The third-order valence-corrected chi connectivity index (χ3v) is 4.62. The number of hydrogen-bond donors (Lipinski definition) is 0. The highest BCUT2D eigenvalue weighted by molar-refractivity contribution is 6.30. The monoisotopic (exact) mass is 392 g/mol. The van der Waals surface area contributed by atoms with Gasteiger partial charge in [0.2, 0.25) is 0 Å². The van der Waals surface area contributed by atoms with Crippen LogP contribution in [0.4, 0.5) is 4.79 Å². The van der Waals surface area contributed by atoms with Crippen molar-refractivity contribution in [2.24, 2.45) is 0 Å². The molecule has 2 aromatic rings. The average Bonchev–Trinajstić information content (AvgIpc) is 2.74. The lowest BCUT2D eigenvalue weighted by Crippen LogP contribution is -2.40. The quantitative estimate of drug-likeness (QED) is 0.746. The Balaban J connectivity index is 1.76. The molecular formula is C19H25ClN4O3. The van der Waals surface area contributed by atoms with E-state index in [0.29, 0.717) is 54.7 Å². The molecule has 0 radical (unpaired) electrons. The molecule has 2 aromatic heterocycles. The zero-order valence-electron chi connectivity index (χ0n) is 16.2. The zero-order valence-corrected chi connectivity index (χ0v) is 16.9. The molecular weight excluding hydrogens is 368 g/mol. The lowest BCUT2D eigenvalue weighted by molar-refractivity contribution is 0.0255. The van der Waals surface area contributed by atoms with Crippen molar-refractivity contribution >= 4 is 29.2 Å². The molecule has 8 heteroatoms. The first kappa shape index (κ1) is 19.5. The molecule has 3 heterocycles. The molecule has 1 aliphatic heterocycles. The van der Waals surface area contributed by atoms with E-state index in [2.05, 4.69) is 4.98 Å². The number of carbonyl (C=O) groups excluding carboxylic acids is 2. The highest BCUT2D eigenvalue weighted by Crippen LogP contribution is 2.19. The molecule has 0 aliphatic carbocycles. The van der Waals surface area contributed by atoms with Crippen LogP contribution in [0.3, 0.4) is 0 Å². The highest BCUT2D eigenvalue weighted by Gasteiger charge is 2.28. The molecule has 0 bridgehead atoms. The minimum absolute atomic E-state index is 0.103. The maximum absolute atomic E-state index is 13.2. The summed E-state index contributed by atoms with van der Waals surface area (Å²) in [5.74, 6) is -0.103. The van der Waals surface area contributed by atoms with Crippen LogP contribution in [0.2, 0.25) is 5.02 Å². The van der Waals surface area contributed by atoms with Crippen molar-refractivity contribution in [3.05, 3.63) is 34.7 Å². The van der Waals surface area contributed by atoms with Crippen molar-refractivity contribution < 1.29 is 14.3 Å². The first-order chi connectivity index (χ1) is 12.7. The summed E-state index contributed by atoms with van der Waals surface area (Å²) in [5, 5.41) is 0.543. The highest BCUT2D eigenvalue weighted by atomic mass is 35.5. The molecule has 0 spiro atoms. The van der Waals surface area contributed by atoms with E-state index in [1.165, 1.54) is 0 Å². The minimum atomic E-state index is -0.536. The second kappa shape index (κ2) is 7.38. The maximum atomic E-state index is 13.2. The van der Waals surface area contributed by atoms with Gasteiger partial charge < -0.3 is 14.5 Å². The molecule has 3 rings (SSSR count). The van der Waals surface area contributed by atoms with Crippen molar-refractivity contribution in [3.63, 3.8) is 0 Å². The summed E-state index contributed by atoms with van der Waals surface area (Å²) in [6.45, 7) is 9.38. The van der Waals surface area contributed by atoms with Gasteiger partial charge in [0, 0.05) is 32.4 Å². The lowest BCUT2D eigenvalue weighted by Gasteiger charge is -2.26. The second-order valence-corrected chi connectivity index (χ2v) is 8.17. The number of imidazole rings is 1. The summed E-state index contributed by atoms with van der Waals surface area (Å²) in [6, 6.07) is 3.54. The predicted molar refractivity (Wildman–Crippen MR) is 103 cm³/mol. The number of pyridine rings is 1. The first-order valence-corrected chi connectivity index (χ1v) is 9.45. The molecule has 2 amide bonds. The molecule has 0 N–H and O–H groups in total. The van der Waals surface area contributed by atoms with E-state index in [1.807, 2.05) is 27.7 Å². The van der Waals surface area contributed by atoms with Gasteiger partial charge in [0.05, 0.1) is 10.7 Å². The fourth-order valence-corrected chi connectivity index (χ4v) is 3.33. The van der Waals surface area contributed by atoms with Gasteiger partial charge >= 0.3 is 6.09 Å². The van der Waals surface area contributed by atoms with Gasteiger partial charge in [0.1, 0.15) is 16.9 Å². The van der Waals surface area contributed by atoms with Crippen LogP contribution in [0.25, 0.3) is 5.65 Å². The average molecular weight is 393 g/mol. The SMILES string of the molecule is Cc1nc2ccc(Cl)cn2c1C(=O)N1CCCN(C(=O)OC(C)(C)C)CC1. The smallest absolute Gasteiger partial charge is 0.410 e. The van der Waals surface area contributed by atoms with Crippen LogP contribution in [-0.4, -0.2) is 63.0 Å². The topological polar surface area (TPSA) is 67.2 Å². The molecule has 27 heavy (non-hydrogen) atoms. The molecule has 1 fully saturated rings. The van der Waals surface area contributed by atoms with Crippen LogP contribution in [0.5, 0.6) is 0 Å². The Hall–Kier alpha value is -2.28. The number of nitrogens with zero attached hydrogens (tertiary/aromatic N) is 4. The summed E-state index contributed by atoms with van der Waals surface area (Å²) in [4.78, 5) is 33.3. The van der Waals surface area contributed by atoms with E-state index in [0.717, 1.165) is 0 Å². The Bertz CT molecular complexity index is 872. The van der Waals surface area contributed by atoms with Gasteiger partial charge in [-0.2, -0.15) is 0 Å². The normalized spacial score (nSPS) is 15.7.